The minimum Gasteiger partial charge on any atom is -0.483 e. The molecule has 1 aliphatic carbocycles. The molecule has 68 heavy (non-hydrogen) atoms. The van der Waals surface area contributed by atoms with Gasteiger partial charge in [0.25, 0.3) is 0 Å². The third kappa shape index (κ3) is 27.7. The molecule has 2 fully saturated rings. The smallest absolute Gasteiger partial charge is 0.317 e. The fraction of sp³-hybridized carbons (Fsp3) is 0.833. The third-order valence-corrected chi connectivity index (χ3v) is 11.1. The summed E-state index contributed by atoms with van der Waals surface area (Å²) in [5.41, 5.74) is 12.3. The molecule has 0 bridgehead atoms. The Morgan fingerprint density at radius 1 is 0.721 bits per heavy atom. The Morgan fingerprint density at radius 2 is 1.34 bits per heavy atom. The number of rotatable bonds is 43. The van der Waals surface area contributed by atoms with Crippen molar-refractivity contribution in [3.05, 3.63) is 0 Å². The number of unbranched alkanes of at least 4 members (excludes halogenated alkanes) is 2. The van der Waals surface area contributed by atoms with Gasteiger partial charge in [0.1, 0.15) is 13.4 Å². The van der Waals surface area contributed by atoms with Crippen molar-refractivity contribution in [1.29, 1.82) is 0 Å². The van der Waals surface area contributed by atoms with Gasteiger partial charge in [0.15, 0.2) is 6.40 Å². The Kier molecular flexibility index (Phi) is 32.4. The number of hydrogen-bond acceptors (Lipinski definition) is 20. The lowest BCUT2D eigenvalue weighted by Crippen LogP contribution is -2.63. The molecule has 2 amide bonds. The molecule has 2 unspecified atom stereocenters. The normalized spacial score (nSPS) is 19.4. The minimum atomic E-state index is -1.27. The highest BCUT2D eigenvalue weighted by atomic mass is 16.7. The van der Waals surface area contributed by atoms with Crippen LogP contribution in [0.3, 0.4) is 0 Å². The lowest BCUT2D eigenvalue weighted by molar-refractivity contribution is -0.148. The minimum absolute atomic E-state index is 0.0241. The molecule has 392 valence electrons. The summed E-state index contributed by atoms with van der Waals surface area (Å²) < 4.78 is 32.2. The van der Waals surface area contributed by atoms with Crippen LogP contribution in [0.4, 0.5) is 0 Å². The molecule has 0 aromatic carbocycles. The van der Waals surface area contributed by atoms with Gasteiger partial charge in [-0.15, -0.1) is 0 Å². The summed E-state index contributed by atoms with van der Waals surface area (Å²) in [7, 11) is 0. The first-order chi connectivity index (χ1) is 32.7. The van der Waals surface area contributed by atoms with E-state index in [2.05, 4.69) is 21.1 Å². The topological polar surface area (TPSA) is 358 Å². The van der Waals surface area contributed by atoms with Gasteiger partial charge in [0.2, 0.25) is 11.8 Å². The van der Waals surface area contributed by atoms with E-state index in [9.17, 15) is 49.2 Å². The van der Waals surface area contributed by atoms with Crippen molar-refractivity contribution in [2.24, 2.45) is 16.5 Å². The quantitative estimate of drug-likeness (QED) is 0.0102. The summed E-state index contributed by atoms with van der Waals surface area (Å²) >= 11 is 0. The number of primary amides is 1. The summed E-state index contributed by atoms with van der Waals surface area (Å²) in [6, 6.07) is -1.20. The number of nitrogens with one attached hydrogen (secondary N) is 3. The van der Waals surface area contributed by atoms with Crippen LogP contribution in [0, 0.1) is 0 Å². The maximum Gasteiger partial charge on any atom is 0.317 e. The van der Waals surface area contributed by atoms with Gasteiger partial charge >= 0.3 is 23.9 Å². The molecule has 1 aliphatic heterocycles. The van der Waals surface area contributed by atoms with Crippen LogP contribution >= 0.6 is 0 Å². The molecule has 0 aromatic heterocycles. The molecular formula is C42H77N9O17. The summed E-state index contributed by atoms with van der Waals surface area (Å²) in [5.74, 6) is -5.49. The molecule has 0 aromatic rings. The first-order valence-electron chi connectivity index (χ1n) is 23.2. The van der Waals surface area contributed by atoms with Gasteiger partial charge in [-0.1, -0.05) is 19.3 Å². The number of fused-ring (bicyclic) bond motifs is 1. The summed E-state index contributed by atoms with van der Waals surface area (Å²) in [6.45, 7) is 2.44. The maximum atomic E-state index is 12.0. The summed E-state index contributed by atoms with van der Waals surface area (Å²) in [5, 5.41) is 45.1. The molecule has 11 N–H and O–H groups in total. The number of nitrogens with two attached hydrogens (primary N) is 2. The highest BCUT2D eigenvalue weighted by molar-refractivity contribution is 5.79. The molecule has 26 heteroatoms. The van der Waals surface area contributed by atoms with Crippen molar-refractivity contribution in [2.45, 2.75) is 87.9 Å². The highest BCUT2D eigenvalue weighted by Crippen LogP contribution is 2.36. The molecule has 1 saturated heterocycles. The number of amides is 2. The SMILES string of the molecule is NC(=O)[C@@H](N)CCCCNCOCOCCOCCNC(=O)COCCOCCN=COCCCCONCCC1(N(CC(=O)O)CC(=O)O)CN(CC(=O)O)C2CCCC[C@H]2N(CC(=O)O)C1. The van der Waals surface area contributed by atoms with Gasteiger partial charge in [-0.3, -0.25) is 53.8 Å². The van der Waals surface area contributed by atoms with Crippen LogP contribution < -0.4 is 27.6 Å². The fourth-order valence-corrected chi connectivity index (χ4v) is 7.95. The fourth-order valence-electron chi connectivity index (χ4n) is 7.95. The van der Waals surface area contributed by atoms with Crippen molar-refractivity contribution in [3.8, 4) is 0 Å². The first kappa shape index (κ1) is 59.9. The van der Waals surface area contributed by atoms with Crippen molar-refractivity contribution in [1.82, 2.24) is 30.8 Å². The average molecular weight is 980 g/mol. The van der Waals surface area contributed by atoms with Gasteiger partial charge in [0, 0.05) is 43.8 Å². The zero-order valence-corrected chi connectivity index (χ0v) is 39.3. The van der Waals surface area contributed by atoms with E-state index >= 15 is 0 Å². The Balaban J connectivity index is 1.54. The van der Waals surface area contributed by atoms with E-state index in [1.807, 2.05) is 0 Å². The monoisotopic (exact) mass is 980 g/mol. The van der Waals surface area contributed by atoms with Crippen LogP contribution in [0.25, 0.3) is 0 Å². The number of carbonyl (C=O) groups is 6. The molecule has 1 saturated carbocycles. The number of hydroxylamine groups is 1. The zero-order valence-electron chi connectivity index (χ0n) is 39.3. The second kappa shape index (κ2) is 36.7. The number of aliphatic imine (C=N–C) groups is 1. The molecule has 2 rings (SSSR count). The average Bonchev–Trinajstić information content (AvgIpc) is 3.40. The number of carbonyl (C=O) groups excluding carboxylic acids is 2. The Morgan fingerprint density at radius 3 is 1.97 bits per heavy atom. The molecule has 0 radical (unpaired) electrons. The van der Waals surface area contributed by atoms with Crippen LogP contribution in [0.5, 0.6) is 0 Å². The van der Waals surface area contributed by atoms with Gasteiger partial charge in [0.05, 0.1) is 98.4 Å². The number of aliphatic carboxylic acids is 4. The van der Waals surface area contributed by atoms with Gasteiger partial charge in [-0.2, -0.15) is 0 Å². The van der Waals surface area contributed by atoms with E-state index < -0.39 is 54.5 Å². The molecule has 1 heterocycles. The van der Waals surface area contributed by atoms with E-state index in [0.29, 0.717) is 91.6 Å². The lowest BCUT2D eigenvalue weighted by Gasteiger charge is -2.45. The van der Waals surface area contributed by atoms with E-state index in [1.165, 1.54) is 11.3 Å². The lowest BCUT2D eigenvalue weighted by atomic mass is 9.88. The number of carboxylic acids is 4. The van der Waals surface area contributed by atoms with Gasteiger partial charge < -0.3 is 70.5 Å². The Hall–Kier alpha value is -4.19. The van der Waals surface area contributed by atoms with Crippen molar-refractivity contribution >= 4 is 42.1 Å². The van der Waals surface area contributed by atoms with Gasteiger partial charge in [-0.05, 0) is 51.5 Å². The highest BCUT2D eigenvalue weighted by Gasteiger charge is 2.49. The van der Waals surface area contributed by atoms with Crippen molar-refractivity contribution in [2.75, 3.05) is 138 Å². The van der Waals surface area contributed by atoms with E-state index in [-0.39, 0.29) is 83.7 Å². The van der Waals surface area contributed by atoms with E-state index in [4.69, 9.17) is 44.7 Å². The first-order valence-corrected chi connectivity index (χ1v) is 23.2. The van der Waals surface area contributed by atoms with Crippen LogP contribution in [-0.2, 0) is 62.0 Å². The Bertz CT molecular complexity index is 1440. The second-order valence-corrected chi connectivity index (χ2v) is 16.5. The number of hydrogen-bond donors (Lipinski definition) is 9. The van der Waals surface area contributed by atoms with Crippen LogP contribution in [0.15, 0.2) is 4.99 Å². The predicted octanol–water partition coefficient (Wildman–Crippen LogP) is -2.28. The maximum absolute atomic E-state index is 12.0. The summed E-state index contributed by atoms with van der Waals surface area (Å²) in [6.07, 6.45) is 7.83. The van der Waals surface area contributed by atoms with Crippen molar-refractivity contribution in [3.63, 3.8) is 0 Å². The Labute approximate surface area is 397 Å². The van der Waals surface area contributed by atoms with Crippen molar-refractivity contribution < 1.29 is 82.5 Å². The molecule has 26 nitrogen and oxygen atoms in total. The van der Waals surface area contributed by atoms with E-state index in [1.54, 1.807) is 9.80 Å². The predicted molar refractivity (Wildman–Crippen MR) is 242 cm³/mol. The van der Waals surface area contributed by atoms with Crippen LogP contribution in [-0.4, -0.2) is 239 Å². The van der Waals surface area contributed by atoms with E-state index in [0.717, 1.165) is 32.2 Å². The molecule has 4 atom stereocenters. The zero-order chi connectivity index (χ0) is 49.8. The third-order valence-electron chi connectivity index (χ3n) is 11.1. The molecule has 2 aliphatic rings. The summed E-state index contributed by atoms with van der Waals surface area (Å²) in [4.78, 5) is 85.5. The standard InChI is InChI=1S/C42H77N9O17/c43-33(41(44)61)7-3-4-11-45-31-67-32-66-22-20-63-18-14-47-36(52)27-64-21-19-62-17-13-46-30-65-15-5-6-16-68-48-12-10-42(51(25-39(57)58)26-40(59)60)28-49(23-37(53)54)34-8-1-2-9-35(34)50(29-42)24-38(55)56/h30,33-35,45,48H,1-29,31-32,43H2,(H2,44,61)(H,47,52)(H,53,54)(H,55,56)(H,57,58)(H,59,60)/t33-,34+,35?,42?/m0/s1. The van der Waals surface area contributed by atoms with Crippen LogP contribution in [0.1, 0.15) is 64.2 Å². The molecular weight excluding hydrogens is 903 g/mol. The molecule has 0 spiro atoms. The number of carboxylic acid groups (broad SMARTS) is 4. The van der Waals surface area contributed by atoms with Gasteiger partial charge in [-0.25, -0.2) is 5.48 Å². The number of nitrogens with zero attached hydrogens (tertiary/aromatic N) is 4. The largest absolute Gasteiger partial charge is 0.483 e. The second-order valence-electron chi connectivity index (χ2n) is 16.5. The van der Waals surface area contributed by atoms with Crippen LogP contribution in [0.2, 0.25) is 0 Å². The number of ether oxygens (including phenoxy) is 6.